The summed E-state index contributed by atoms with van der Waals surface area (Å²) >= 11 is 0. The van der Waals surface area contributed by atoms with E-state index in [9.17, 15) is 9.59 Å². The first-order valence-electron chi connectivity index (χ1n) is 3.97. The second-order valence-electron chi connectivity index (χ2n) is 2.79. The largest absolute Gasteiger partial charge is 0.350 e. The normalized spacial score (nSPS) is 11.8. The van der Waals surface area contributed by atoms with E-state index in [1.165, 1.54) is 6.92 Å². The highest BCUT2D eigenvalue weighted by Gasteiger charge is 2.04. The fraction of sp³-hybridized carbons (Fsp3) is 0.556. The van der Waals surface area contributed by atoms with Crippen LogP contribution in [0.25, 0.3) is 0 Å². The Morgan fingerprint density at radius 3 is 2.50 bits per heavy atom. The van der Waals surface area contributed by atoms with Gasteiger partial charge in [0.1, 0.15) is 5.78 Å². The fourth-order valence-corrected chi connectivity index (χ4v) is 0.675. The molecular weight excluding hydrogens is 154 g/mol. The maximum absolute atomic E-state index is 11.0. The molecule has 1 unspecified atom stereocenters. The Hall–Kier alpha value is -1.12. The Morgan fingerprint density at radius 1 is 1.50 bits per heavy atom. The number of carbonyl (C=O) groups is 2. The van der Waals surface area contributed by atoms with Gasteiger partial charge in [0.25, 0.3) is 0 Å². The highest BCUT2D eigenvalue weighted by atomic mass is 16.2. The summed E-state index contributed by atoms with van der Waals surface area (Å²) in [5.74, 6) is -0.0611. The Balaban J connectivity index is 3.59. The van der Waals surface area contributed by atoms with Crippen molar-refractivity contribution in [2.24, 2.45) is 0 Å². The molecule has 0 fully saturated rings. The number of Topliss-reactive ketones (excluding diaryl/α,β-unsaturated/α-hetero) is 1. The molecule has 0 aliphatic rings. The first-order chi connectivity index (χ1) is 5.56. The topological polar surface area (TPSA) is 46.2 Å². The third kappa shape index (κ3) is 5.65. The molecule has 0 aromatic rings. The lowest BCUT2D eigenvalue weighted by Crippen LogP contribution is -2.30. The van der Waals surface area contributed by atoms with Gasteiger partial charge in [0.2, 0.25) is 5.91 Å². The summed E-state index contributed by atoms with van der Waals surface area (Å²) < 4.78 is 0. The fourth-order valence-electron chi connectivity index (χ4n) is 0.675. The predicted octanol–water partition coefficient (Wildman–Crippen LogP) is 1.05. The van der Waals surface area contributed by atoms with Crippen molar-refractivity contribution in [3.63, 3.8) is 0 Å². The number of nitrogens with one attached hydrogen (secondary N) is 1. The lowest BCUT2D eigenvalue weighted by atomic mass is 10.2. The Morgan fingerprint density at radius 2 is 2.08 bits per heavy atom. The summed E-state index contributed by atoms with van der Waals surface area (Å²) in [5, 5.41) is 2.68. The smallest absolute Gasteiger partial charge is 0.220 e. The molecule has 3 nitrogen and oxygen atoms in total. The van der Waals surface area contributed by atoms with E-state index in [0.717, 1.165) is 0 Å². The molecule has 0 aliphatic carbocycles. The summed E-state index contributed by atoms with van der Waals surface area (Å²) in [5.41, 5.74) is 0. The summed E-state index contributed by atoms with van der Waals surface area (Å²) in [4.78, 5) is 21.5. The lowest BCUT2D eigenvalue weighted by molar-refractivity contribution is -0.124. The van der Waals surface area contributed by atoms with Crippen LogP contribution in [0, 0.1) is 0 Å². The molecular formula is C9H15NO2. The van der Waals surface area contributed by atoms with E-state index in [4.69, 9.17) is 0 Å². The molecule has 0 aliphatic heterocycles. The summed E-state index contributed by atoms with van der Waals surface area (Å²) in [6.45, 7) is 6.84. The van der Waals surface area contributed by atoms with Gasteiger partial charge >= 0.3 is 0 Å². The molecule has 3 heteroatoms. The zero-order valence-electron chi connectivity index (χ0n) is 7.59. The molecule has 0 heterocycles. The van der Waals surface area contributed by atoms with Crippen molar-refractivity contribution >= 4 is 11.7 Å². The van der Waals surface area contributed by atoms with Gasteiger partial charge in [-0.1, -0.05) is 6.08 Å². The predicted molar refractivity (Wildman–Crippen MR) is 47.7 cm³/mol. The first kappa shape index (κ1) is 10.9. The molecule has 0 saturated heterocycles. The highest BCUT2D eigenvalue weighted by Crippen LogP contribution is 1.91. The van der Waals surface area contributed by atoms with Gasteiger partial charge < -0.3 is 10.1 Å². The van der Waals surface area contributed by atoms with Gasteiger partial charge in [-0.05, 0) is 13.8 Å². The third-order valence-electron chi connectivity index (χ3n) is 1.45. The molecule has 1 N–H and O–H groups in total. The van der Waals surface area contributed by atoms with Gasteiger partial charge in [0, 0.05) is 18.9 Å². The summed E-state index contributed by atoms with van der Waals surface area (Å²) in [7, 11) is 0. The SMILES string of the molecule is C=CC(C)NC(=O)CCC(C)=O. The van der Waals surface area contributed by atoms with Gasteiger partial charge in [-0.25, -0.2) is 0 Å². The summed E-state index contributed by atoms with van der Waals surface area (Å²) in [6, 6.07) is -0.0236. The molecule has 12 heavy (non-hydrogen) atoms. The van der Waals surface area contributed by atoms with Crippen LogP contribution in [0.4, 0.5) is 0 Å². The van der Waals surface area contributed by atoms with Crippen LogP contribution in [0.5, 0.6) is 0 Å². The van der Waals surface area contributed by atoms with Crippen LogP contribution in [0.15, 0.2) is 12.7 Å². The van der Waals surface area contributed by atoms with Crippen molar-refractivity contribution in [3.05, 3.63) is 12.7 Å². The molecule has 0 aromatic heterocycles. The number of hydrogen-bond donors (Lipinski definition) is 1. The molecule has 68 valence electrons. The summed E-state index contributed by atoms with van der Waals surface area (Å²) in [6.07, 6.45) is 2.23. The van der Waals surface area contributed by atoms with Crippen LogP contribution < -0.4 is 5.32 Å². The number of amides is 1. The van der Waals surface area contributed by atoms with Gasteiger partial charge in [-0.15, -0.1) is 6.58 Å². The molecule has 0 saturated carbocycles. The number of hydrogen-bond acceptors (Lipinski definition) is 2. The van der Waals surface area contributed by atoms with Gasteiger partial charge in [0.15, 0.2) is 0 Å². The lowest BCUT2D eigenvalue weighted by Gasteiger charge is -2.07. The van der Waals surface area contributed by atoms with Crippen LogP contribution in [0.3, 0.4) is 0 Å². The van der Waals surface area contributed by atoms with Crippen molar-refractivity contribution in [1.82, 2.24) is 5.32 Å². The average Bonchev–Trinajstić information content (AvgIpc) is 2.00. The van der Waals surface area contributed by atoms with Gasteiger partial charge in [0.05, 0.1) is 0 Å². The molecule has 0 aromatic carbocycles. The molecule has 0 spiro atoms. The zero-order chi connectivity index (χ0) is 9.56. The zero-order valence-corrected chi connectivity index (χ0v) is 7.59. The van der Waals surface area contributed by atoms with Crippen LogP contribution in [0.2, 0.25) is 0 Å². The number of ketones is 1. The van der Waals surface area contributed by atoms with Crippen molar-refractivity contribution < 1.29 is 9.59 Å². The van der Waals surface area contributed by atoms with Gasteiger partial charge in [-0.3, -0.25) is 4.79 Å². The second-order valence-corrected chi connectivity index (χ2v) is 2.79. The highest BCUT2D eigenvalue weighted by molar-refractivity contribution is 5.83. The van der Waals surface area contributed by atoms with Crippen LogP contribution in [-0.2, 0) is 9.59 Å². The van der Waals surface area contributed by atoms with Crippen LogP contribution in [0.1, 0.15) is 26.7 Å². The molecule has 0 rings (SSSR count). The number of carbonyl (C=O) groups excluding carboxylic acids is 2. The Labute approximate surface area is 72.8 Å². The molecule has 0 bridgehead atoms. The average molecular weight is 169 g/mol. The maximum Gasteiger partial charge on any atom is 0.220 e. The first-order valence-corrected chi connectivity index (χ1v) is 3.97. The minimum atomic E-state index is -0.0994. The standard InChI is InChI=1S/C9H15NO2/c1-4-7(2)10-9(12)6-5-8(3)11/h4,7H,1,5-6H2,2-3H3,(H,10,12). The van der Waals surface area contributed by atoms with E-state index in [1.54, 1.807) is 6.08 Å². The van der Waals surface area contributed by atoms with E-state index in [2.05, 4.69) is 11.9 Å². The van der Waals surface area contributed by atoms with Crippen LogP contribution in [-0.4, -0.2) is 17.7 Å². The van der Waals surface area contributed by atoms with E-state index >= 15 is 0 Å². The quantitative estimate of drug-likeness (QED) is 0.625. The molecule has 0 radical (unpaired) electrons. The minimum absolute atomic E-state index is 0.0236. The molecule has 1 amide bonds. The third-order valence-corrected chi connectivity index (χ3v) is 1.45. The van der Waals surface area contributed by atoms with E-state index in [0.29, 0.717) is 6.42 Å². The maximum atomic E-state index is 11.0. The van der Waals surface area contributed by atoms with Gasteiger partial charge in [-0.2, -0.15) is 0 Å². The van der Waals surface area contributed by atoms with Crippen molar-refractivity contribution in [2.75, 3.05) is 0 Å². The monoisotopic (exact) mass is 169 g/mol. The minimum Gasteiger partial charge on any atom is -0.350 e. The van der Waals surface area contributed by atoms with E-state index in [-0.39, 0.29) is 24.2 Å². The Bertz CT molecular complexity index is 187. The van der Waals surface area contributed by atoms with Crippen molar-refractivity contribution in [2.45, 2.75) is 32.7 Å². The van der Waals surface area contributed by atoms with E-state index < -0.39 is 0 Å². The van der Waals surface area contributed by atoms with Crippen molar-refractivity contribution in [1.29, 1.82) is 0 Å². The van der Waals surface area contributed by atoms with Crippen molar-refractivity contribution in [3.8, 4) is 0 Å². The molecule has 1 atom stereocenters. The number of rotatable bonds is 5. The second kappa shape index (κ2) is 5.52. The van der Waals surface area contributed by atoms with E-state index in [1.807, 2.05) is 6.92 Å². The Kier molecular flexibility index (Phi) is 5.00. The van der Waals surface area contributed by atoms with Crippen LogP contribution >= 0.6 is 0 Å².